The highest BCUT2D eigenvalue weighted by atomic mass is 32.1. The van der Waals surface area contributed by atoms with E-state index in [4.69, 9.17) is 0 Å². The average molecular weight is 406 g/mol. The van der Waals surface area contributed by atoms with Gasteiger partial charge in [-0.15, -0.1) is 11.3 Å². The van der Waals surface area contributed by atoms with Gasteiger partial charge in [0.15, 0.2) is 5.78 Å². The molecule has 0 bridgehead atoms. The second-order valence-corrected chi connectivity index (χ2v) is 7.38. The second-order valence-electron chi connectivity index (χ2n) is 6.26. The Labute approximate surface area is 163 Å². The van der Waals surface area contributed by atoms with Gasteiger partial charge in [-0.05, 0) is 23.3 Å². The van der Waals surface area contributed by atoms with Crippen molar-refractivity contribution in [2.45, 2.75) is 25.4 Å². The Bertz CT molecular complexity index is 984. The van der Waals surface area contributed by atoms with Gasteiger partial charge in [0.25, 0.3) is 0 Å². The molecular formula is C20H17F3N2O2S. The zero-order chi connectivity index (χ0) is 20.1. The number of Topliss-reactive ketones (excluding diaryl/α,β-unsaturated/α-hetero) is 1. The fourth-order valence-electron chi connectivity index (χ4n) is 2.62. The first kappa shape index (κ1) is 20.0. The number of hydrogen-bond donors (Lipinski definition) is 1. The molecule has 3 aromatic rings. The number of hydrogen-bond acceptors (Lipinski definition) is 4. The Hall–Kier alpha value is -2.74. The molecule has 0 saturated carbocycles. The first-order valence-electron chi connectivity index (χ1n) is 8.60. The van der Waals surface area contributed by atoms with Crippen LogP contribution in [0.4, 0.5) is 13.2 Å². The summed E-state index contributed by atoms with van der Waals surface area (Å²) >= 11 is 1.38. The third kappa shape index (κ3) is 5.63. The molecule has 1 aromatic heterocycles. The van der Waals surface area contributed by atoms with Crippen LogP contribution in [0.25, 0.3) is 21.3 Å². The summed E-state index contributed by atoms with van der Waals surface area (Å²) in [5.74, 6) is -1.09. The Morgan fingerprint density at radius 2 is 1.79 bits per heavy atom. The van der Waals surface area contributed by atoms with E-state index >= 15 is 0 Å². The van der Waals surface area contributed by atoms with E-state index in [0.717, 1.165) is 21.3 Å². The highest BCUT2D eigenvalue weighted by molar-refractivity contribution is 7.18. The summed E-state index contributed by atoms with van der Waals surface area (Å²) < 4.78 is 37.2. The molecule has 0 aliphatic rings. The standard InChI is InChI=1S/C20H17F3N2O2S/c21-20(22,23)9-8-15(26)12-24-18(27)11-19-25-16-7-6-14(10-17(16)28-19)13-4-2-1-3-5-13/h1-7,10H,8-9,11-12H2,(H,24,27). The molecule has 0 aliphatic heterocycles. The van der Waals surface area contributed by atoms with Crippen LogP contribution in [0, 0.1) is 0 Å². The SMILES string of the molecule is O=C(CCC(F)(F)F)CNC(=O)Cc1nc2ccc(-c3ccccc3)cc2s1. The fraction of sp³-hybridized carbons (Fsp3) is 0.250. The molecule has 1 heterocycles. The van der Waals surface area contributed by atoms with Gasteiger partial charge in [-0.3, -0.25) is 9.59 Å². The van der Waals surface area contributed by atoms with Crippen LogP contribution in [0.2, 0.25) is 0 Å². The smallest absolute Gasteiger partial charge is 0.349 e. The number of halogens is 3. The molecule has 0 aliphatic carbocycles. The number of thiazole rings is 1. The molecule has 0 atom stereocenters. The number of benzene rings is 2. The normalized spacial score (nSPS) is 11.5. The first-order valence-corrected chi connectivity index (χ1v) is 9.42. The molecule has 8 heteroatoms. The van der Waals surface area contributed by atoms with Crippen LogP contribution in [-0.4, -0.2) is 29.4 Å². The van der Waals surface area contributed by atoms with Crippen molar-refractivity contribution in [3.63, 3.8) is 0 Å². The van der Waals surface area contributed by atoms with E-state index in [-0.39, 0.29) is 6.42 Å². The maximum absolute atomic E-state index is 12.1. The quantitative estimate of drug-likeness (QED) is 0.627. The van der Waals surface area contributed by atoms with Crippen LogP contribution in [0.1, 0.15) is 17.8 Å². The minimum absolute atomic E-state index is 0.0213. The molecule has 4 nitrogen and oxygen atoms in total. The van der Waals surface area contributed by atoms with Crippen molar-refractivity contribution in [3.05, 3.63) is 53.5 Å². The number of rotatable bonds is 7. The van der Waals surface area contributed by atoms with Crippen molar-refractivity contribution in [2.75, 3.05) is 6.54 Å². The van der Waals surface area contributed by atoms with Gasteiger partial charge in [0.1, 0.15) is 5.01 Å². The molecule has 0 spiro atoms. The van der Waals surface area contributed by atoms with E-state index < -0.39 is 37.3 Å². The minimum atomic E-state index is -4.38. The predicted octanol–water partition coefficient (Wildman–Crippen LogP) is 4.53. The van der Waals surface area contributed by atoms with Gasteiger partial charge in [-0.2, -0.15) is 13.2 Å². The molecule has 0 unspecified atom stereocenters. The highest BCUT2D eigenvalue weighted by Gasteiger charge is 2.27. The number of ketones is 1. The van der Waals surface area contributed by atoms with Crippen molar-refractivity contribution < 1.29 is 22.8 Å². The lowest BCUT2D eigenvalue weighted by molar-refractivity contribution is -0.143. The monoisotopic (exact) mass is 406 g/mol. The van der Waals surface area contributed by atoms with E-state index in [1.807, 2.05) is 48.5 Å². The first-order chi connectivity index (χ1) is 13.3. The Morgan fingerprint density at radius 1 is 1.04 bits per heavy atom. The number of amides is 1. The third-order valence-corrected chi connectivity index (χ3v) is 5.04. The topological polar surface area (TPSA) is 59.1 Å². The van der Waals surface area contributed by atoms with Gasteiger partial charge < -0.3 is 5.32 Å². The number of nitrogens with zero attached hydrogens (tertiary/aromatic N) is 1. The highest BCUT2D eigenvalue weighted by Crippen LogP contribution is 2.28. The summed E-state index contributed by atoms with van der Waals surface area (Å²) in [6.45, 7) is -0.405. The summed E-state index contributed by atoms with van der Waals surface area (Å²) in [6.07, 6.45) is -6.21. The number of aromatic nitrogens is 1. The van der Waals surface area contributed by atoms with Crippen molar-refractivity contribution in [3.8, 4) is 11.1 Å². The number of carbonyl (C=O) groups excluding carboxylic acids is 2. The summed E-state index contributed by atoms with van der Waals surface area (Å²) in [5, 5.41) is 2.94. The van der Waals surface area contributed by atoms with E-state index in [0.29, 0.717) is 5.01 Å². The summed E-state index contributed by atoms with van der Waals surface area (Å²) in [6, 6.07) is 15.7. The number of carbonyl (C=O) groups is 2. The molecular weight excluding hydrogens is 389 g/mol. The van der Waals surface area contributed by atoms with Crippen LogP contribution in [0.5, 0.6) is 0 Å². The summed E-state index contributed by atoms with van der Waals surface area (Å²) in [7, 11) is 0. The fourth-order valence-corrected chi connectivity index (χ4v) is 3.63. The van der Waals surface area contributed by atoms with E-state index in [1.165, 1.54) is 11.3 Å². The lowest BCUT2D eigenvalue weighted by Gasteiger charge is -2.06. The average Bonchev–Trinajstić information content (AvgIpc) is 3.06. The van der Waals surface area contributed by atoms with Gasteiger partial charge in [-0.25, -0.2) is 4.98 Å². The predicted molar refractivity (Wildman–Crippen MR) is 102 cm³/mol. The molecule has 28 heavy (non-hydrogen) atoms. The van der Waals surface area contributed by atoms with Crippen LogP contribution in [0.15, 0.2) is 48.5 Å². The number of alkyl halides is 3. The zero-order valence-electron chi connectivity index (χ0n) is 14.8. The maximum Gasteiger partial charge on any atom is 0.389 e. The van der Waals surface area contributed by atoms with Gasteiger partial charge >= 0.3 is 6.18 Å². The summed E-state index contributed by atoms with van der Waals surface area (Å²) in [5.41, 5.74) is 2.89. The molecule has 3 rings (SSSR count). The van der Waals surface area contributed by atoms with Crippen LogP contribution in [-0.2, 0) is 16.0 Å². The van der Waals surface area contributed by atoms with Crippen LogP contribution >= 0.6 is 11.3 Å². The lowest BCUT2D eigenvalue weighted by atomic mass is 10.1. The largest absolute Gasteiger partial charge is 0.389 e. The van der Waals surface area contributed by atoms with E-state index in [9.17, 15) is 22.8 Å². The van der Waals surface area contributed by atoms with Gasteiger partial charge in [-0.1, -0.05) is 36.4 Å². The Balaban J connectivity index is 1.58. The van der Waals surface area contributed by atoms with Crippen LogP contribution in [0.3, 0.4) is 0 Å². The second kappa shape index (κ2) is 8.52. The molecule has 2 aromatic carbocycles. The number of nitrogens with one attached hydrogen (secondary N) is 1. The summed E-state index contributed by atoms with van der Waals surface area (Å²) in [4.78, 5) is 27.8. The van der Waals surface area contributed by atoms with Gasteiger partial charge in [0, 0.05) is 6.42 Å². The van der Waals surface area contributed by atoms with Crippen molar-refractivity contribution in [1.29, 1.82) is 0 Å². The van der Waals surface area contributed by atoms with Crippen LogP contribution < -0.4 is 5.32 Å². The van der Waals surface area contributed by atoms with E-state index in [1.54, 1.807) is 0 Å². The lowest BCUT2D eigenvalue weighted by Crippen LogP contribution is -2.31. The molecule has 0 radical (unpaired) electrons. The van der Waals surface area contributed by atoms with Crippen molar-refractivity contribution >= 4 is 33.2 Å². The number of fused-ring (bicyclic) bond motifs is 1. The van der Waals surface area contributed by atoms with Gasteiger partial charge in [0.05, 0.1) is 29.6 Å². The molecule has 0 fully saturated rings. The minimum Gasteiger partial charge on any atom is -0.349 e. The molecule has 1 N–H and O–H groups in total. The molecule has 1 amide bonds. The van der Waals surface area contributed by atoms with Crippen molar-refractivity contribution in [1.82, 2.24) is 10.3 Å². The molecule has 146 valence electrons. The zero-order valence-corrected chi connectivity index (χ0v) is 15.6. The van der Waals surface area contributed by atoms with E-state index in [2.05, 4.69) is 10.3 Å². The third-order valence-electron chi connectivity index (χ3n) is 4.02. The Morgan fingerprint density at radius 3 is 2.50 bits per heavy atom. The van der Waals surface area contributed by atoms with Crippen molar-refractivity contribution in [2.24, 2.45) is 0 Å². The Kier molecular flexibility index (Phi) is 6.08. The maximum atomic E-state index is 12.1. The van der Waals surface area contributed by atoms with Gasteiger partial charge in [0.2, 0.25) is 5.91 Å². The molecule has 0 saturated heterocycles.